The second kappa shape index (κ2) is 5.02. The first-order valence-corrected chi connectivity index (χ1v) is 5.89. The van der Waals surface area contributed by atoms with Crippen LogP contribution in [0.15, 0.2) is 18.2 Å². The lowest BCUT2D eigenvalue weighted by atomic mass is 10.1. The van der Waals surface area contributed by atoms with Gasteiger partial charge in [0.1, 0.15) is 0 Å². The molecule has 0 spiro atoms. The molecule has 1 fully saturated rings. The number of likely N-dealkylation sites (N-methyl/N-ethyl adjacent to an activating group) is 1. The van der Waals surface area contributed by atoms with Crippen LogP contribution in [0.2, 0.25) is 5.02 Å². The number of carbonyl (C=O) groups excluding carboxylic acids is 1. The van der Waals surface area contributed by atoms with Gasteiger partial charge in [0.15, 0.2) is 5.82 Å². The van der Waals surface area contributed by atoms with Crippen LogP contribution in [0, 0.1) is 5.82 Å². The molecule has 0 aromatic heterocycles. The van der Waals surface area contributed by atoms with E-state index in [1.54, 1.807) is 11.0 Å². The summed E-state index contributed by atoms with van der Waals surface area (Å²) in [6.45, 7) is 2.88. The Hall–Kier alpha value is -1.13. The highest BCUT2D eigenvalue weighted by Crippen LogP contribution is 2.19. The zero-order valence-corrected chi connectivity index (χ0v) is 10.4. The average Bonchev–Trinajstić information content (AvgIpc) is 2.33. The van der Waals surface area contributed by atoms with Crippen molar-refractivity contribution in [3.05, 3.63) is 34.6 Å². The minimum Gasteiger partial charge on any atom is -0.336 e. The molecule has 0 unspecified atom stereocenters. The number of piperazine rings is 1. The highest BCUT2D eigenvalue weighted by atomic mass is 35.5. The van der Waals surface area contributed by atoms with Crippen molar-refractivity contribution < 1.29 is 9.18 Å². The van der Waals surface area contributed by atoms with Crippen LogP contribution in [0.4, 0.5) is 4.39 Å². The van der Waals surface area contributed by atoms with Crippen LogP contribution in [0.5, 0.6) is 0 Å². The predicted octanol–water partition coefficient (Wildman–Crippen LogP) is 1.87. The van der Waals surface area contributed by atoms with E-state index in [1.807, 2.05) is 7.05 Å². The molecule has 0 radical (unpaired) electrons. The zero-order chi connectivity index (χ0) is 12.4. The van der Waals surface area contributed by atoms with Crippen LogP contribution in [0.1, 0.15) is 10.4 Å². The molecule has 0 aliphatic carbocycles. The highest BCUT2D eigenvalue weighted by Gasteiger charge is 2.23. The lowest BCUT2D eigenvalue weighted by Crippen LogP contribution is -2.47. The first-order chi connectivity index (χ1) is 8.09. The van der Waals surface area contributed by atoms with Crippen LogP contribution in [-0.2, 0) is 0 Å². The molecule has 1 aromatic rings. The Bertz CT molecular complexity index is 431. The Morgan fingerprint density at radius 1 is 1.29 bits per heavy atom. The van der Waals surface area contributed by atoms with Crippen molar-refractivity contribution in [1.29, 1.82) is 0 Å². The van der Waals surface area contributed by atoms with E-state index in [2.05, 4.69) is 4.90 Å². The Morgan fingerprint density at radius 2 is 1.94 bits per heavy atom. The molecule has 1 saturated heterocycles. The summed E-state index contributed by atoms with van der Waals surface area (Å²) >= 11 is 5.67. The van der Waals surface area contributed by atoms with Gasteiger partial charge in [0, 0.05) is 26.2 Å². The fourth-order valence-corrected chi connectivity index (χ4v) is 2.02. The van der Waals surface area contributed by atoms with Gasteiger partial charge in [-0.15, -0.1) is 0 Å². The third kappa shape index (κ3) is 2.58. The van der Waals surface area contributed by atoms with E-state index >= 15 is 0 Å². The Labute approximate surface area is 105 Å². The summed E-state index contributed by atoms with van der Waals surface area (Å²) in [7, 11) is 2.00. The molecule has 92 valence electrons. The van der Waals surface area contributed by atoms with Gasteiger partial charge in [-0.3, -0.25) is 4.79 Å². The number of hydrogen-bond acceptors (Lipinski definition) is 2. The summed E-state index contributed by atoms with van der Waals surface area (Å²) in [5.74, 6) is -0.906. The average molecular weight is 257 g/mol. The van der Waals surface area contributed by atoms with Crippen molar-refractivity contribution >= 4 is 17.5 Å². The van der Waals surface area contributed by atoms with Crippen LogP contribution in [0.25, 0.3) is 0 Å². The lowest BCUT2D eigenvalue weighted by molar-refractivity contribution is 0.0659. The molecule has 0 saturated carbocycles. The largest absolute Gasteiger partial charge is 0.336 e. The van der Waals surface area contributed by atoms with E-state index in [9.17, 15) is 9.18 Å². The molecule has 2 rings (SSSR count). The molecule has 0 bridgehead atoms. The molecule has 5 heteroatoms. The monoisotopic (exact) mass is 256 g/mol. The van der Waals surface area contributed by atoms with Crippen molar-refractivity contribution in [2.75, 3.05) is 33.2 Å². The quantitative estimate of drug-likeness (QED) is 0.766. The number of amides is 1. The van der Waals surface area contributed by atoms with Gasteiger partial charge in [-0.2, -0.15) is 0 Å². The molecule has 1 aliphatic heterocycles. The predicted molar refractivity (Wildman–Crippen MR) is 64.8 cm³/mol. The van der Waals surface area contributed by atoms with Gasteiger partial charge in [-0.25, -0.2) is 4.39 Å². The molecular formula is C12H14ClFN2O. The second-order valence-corrected chi connectivity index (χ2v) is 4.60. The smallest absolute Gasteiger partial charge is 0.256 e. The zero-order valence-electron chi connectivity index (χ0n) is 9.62. The molecule has 17 heavy (non-hydrogen) atoms. The number of benzene rings is 1. The van der Waals surface area contributed by atoms with Crippen molar-refractivity contribution in [2.45, 2.75) is 0 Å². The molecule has 1 aromatic carbocycles. The van der Waals surface area contributed by atoms with Crippen molar-refractivity contribution in [3.63, 3.8) is 0 Å². The van der Waals surface area contributed by atoms with Crippen LogP contribution < -0.4 is 0 Å². The number of hydrogen-bond donors (Lipinski definition) is 0. The van der Waals surface area contributed by atoms with Crippen LogP contribution >= 0.6 is 11.6 Å². The first kappa shape index (κ1) is 12.3. The summed E-state index contributed by atoms with van der Waals surface area (Å²) in [4.78, 5) is 15.9. The van der Waals surface area contributed by atoms with Crippen LogP contribution in [-0.4, -0.2) is 48.9 Å². The maximum atomic E-state index is 13.7. The van der Waals surface area contributed by atoms with E-state index in [0.717, 1.165) is 13.1 Å². The van der Waals surface area contributed by atoms with Crippen LogP contribution in [0.3, 0.4) is 0 Å². The Kier molecular flexibility index (Phi) is 3.64. The number of rotatable bonds is 1. The summed E-state index contributed by atoms with van der Waals surface area (Å²) in [6.07, 6.45) is 0. The maximum Gasteiger partial charge on any atom is 0.256 e. The topological polar surface area (TPSA) is 23.6 Å². The molecule has 3 nitrogen and oxygen atoms in total. The minimum absolute atomic E-state index is 0.00928. The van der Waals surface area contributed by atoms with E-state index in [-0.39, 0.29) is 16.5 Å². The summed E-state index contributed by atoms with van der Waals surface area (Å²) in [6, 6.07) is 4.51. The Morgan fingerprint density at radius 3 is 2.59 bits per heavy atom. The van der Waals surface area contributed by atoms with Gasteiger partial charge in [0.05, 0.1) is 10.6 Å². The third-order valence-corrected chi connectivity index (χ3v) is 3.26. The summed E-state index contributed by atoms with van der Waals surface area (Å²) in [5, 5.41) is -0.00928. The van der Waals surface area contributed by atoms with E-state index < -0.39 is 5.82 Å². The summed E-state index contributed by atoms with van der Waals surface area (Å²) in [5.41, 5.74) is 0.0575. The van der Waals surface area contributed by atoms with Gasteiger partial charge < -0.3 is 9.80 Å². The number of halogens is 2. The molecule has 1 aliphatic rings. The maximum absolute atomic E-state index is 13.7. The SMILES string of the molecule is CN1CCN(C(=O)c2cccc(Cl)c2F)CC1. The fourth-order valence-electron chi connectivity index (χ4n) is 1.85. The van der Waals surface area contributed by atoms with E-state index in [1.165, 1.54) is 12.1 Å². The number of carbonyl (C=O) groups is 1. The van der Waals surface area contributed by atoms with E-state index in [4.69, 9.17) is 11.6 Å². The minimum atomic E-state index is -0.627. The normalized spacial score (nSPS) is 17.2. The van der Waals surface area contributed by atoms with Crippen molar-refractivity contribution in [1.82, 2.24) is 9.80 Å². The lowest BCUT2D eigenvalue weighted by Gasteiger charge is -2.32. The molecule has 0 N–H and O–H groups in total. The molecule has 0 atom stereocenters. The standard InChI is InChI=1S/C12H14ClFN2O/c1-15-5-7-16(8-6-15)12(17)9-3-2-4-10(13)11(9)14/h2-4H,5-8H2,1H3. The first-order valence-electron chi connectivity index (χ1n) is 5.51. The fraction of sp³-hybridized carbons (Fsp3) is 0.417. The van der Waals surface area contributed by atoms with Crippen molar-refractivity contribution in [2.24, 2.45) is 0 Å². The van der Waals surface area contributed by atoms with E-state index in [0.29, 0.717) is 13.1 Å². The summed E-state index contributed by atoms with van der Waals surface area (Å²) < 4.78 is 13.7. The molecular weight excluding hydrogens is 243 g/mol. The van der Waals surface area contributed by atoms with Gasteiger partial charge in [-0.05, 0) is 19.2 Å². The second-order valence-electron chi connectivity index (χ2n) is 4.20. The highest BCUT2D eigenvalue weighted by molar-refractivity contribution is 6.31. The number of nitrogens with zero attached hydrogens (tertiary/aromatic N) is 2. The molecule has 1 heterocycles. The van der Waals surface area contributed by atoms with Gasteiger partial charge in [0.2, 0.25) is 0 Å². The third-order valence-electron chi connectivity index (χ3n) is 2.97. The van der Waals surface area contributed by atoms with Gasteiger partial charge >= 0.3 is 0 Å². The van der Waals surface area contributed by atoms with Gasteiger partial charge in [-0.1, -0.05) is 17.7 Å². The molecule has 1 amide bonds. The van der Waals surface area contributed by atoms with Gasteiger partial charge in [0.25, 0.3) is 5.91 Å². The Balaban J connectivity index is 2.17. The van der Waals surface area contributed by atoms with Crippen molar-refractivity contribution in [3.8, 4) is 0 Å².